The van der Waals surface area contributed by atoms with Gasteiger partial charge in [-0.3, -0.25) is 9.29 Å². The number of fused-ring (bicyclic) bond motifs is 1. The Kier molecular flexibility index (Phi) is 8.86. The molecular weight excluding hydrogens is 621 g/mol. The average molecular weight is 656 g/mol. The Balaban J connectivity index is 1.29. The number of nitrogens with one attached hydrogen (secondary N) is 1. The summed E-state index contributed by atoms with van der Waals surface area (Å²) in [6, 6.07) is 6.67. The quantitative estimate of drug-likeness (QED) is 0.195. The van der Waals surface area contributed by atoms with E-state index in [2.05, 4.69) is 25.2 Å². The molecular formula is C29H34FN9O6S. The maximum atomic E-state index is 13.3. The predicted octanol–water partition coefficient (Wildman–Crippen LogP) is 3.41. The van der Waals surface area contributed by atoms with Crippen molar-refractivity contribution in [2.24, 2.45) is 7.05 Å². The molecule has 1 aliphatic carbocycles. The van der Waals surface area contributed by atoms with E-state index in [0.717, 1.165) is 36.2 Å². The van der Waals surface area contributed by atoms with E-state index >= 15 is 0 Å². The average Bonchev–Trinajstić information content (AvgIpc) is 3.41. The summed E-state index contributed by atoms with van der Waals surface area (Å²) < 4.78 is 53.7. The fraction of sp³-hybridized carbons (Fsp3) is 0.448. The Morgan fingerprint density at radius 3 is 2.52 bits per heavy atom. The third-order valence-electron chi connectivity index (χ3n) is 8.20. The lowest BCUT2D eigenvalue weighted by molar-refractivity contribution is -0.396. The molecule has 1 N–H and O–H groups in total. The Hall–Kier alpha value is -4.64. The number of rotatable bonds is 10. The van der Waals surface area contributed by atoms with Crippen LogP contribution in [0.3, 0.4) is 0 Å². The van der Waals surface area contributed by atoms with E-state index in [1.54, 1.807) is 12.1 Å². The van der Waals surface area contributed by atoms with Crippen LogP contribution in [-0.2, 0) is 28.4 Å². The van der Waals surface area contributed by atoms with Gasteiger partial charge in [-0.25, -0.2) is 22.4 Å². The highest BCUT2D eigenvalue weighted by Gasteiger charge is 2.28. The normalized spacial score (nSPS) is 18.8. The second-order valence-corrected chi connectivity index (χ2v) is 13.3. The van der Waals surface area contributed by atoms with Crippen LogP contribution in [-0.4, -0.2) is 82.5 Å². The molecule has 15 nitrogen and oxygen atoms in total. The molecule has 6 rings (SSSR count). The van der Waals surface area contributed by atoms with Gasteiger partial charge in [-0.2, -0.15) is 4.98 Å². The second-order valence-electron chi connectivity index (χ2n) is 11.4. The van der Waals surface area contributed by atoms with E-state index in [9.17, 15) is 22.9 Å². The lowest BCUT2D eigenvalue weighted by Crippen LogP contribution is -2.37. The third kappa shape index (κ3) is 6.94. The van der Waals surface area contributed by atoms with Gasteiger partial charge in [-0.05, 0) is 48.8 Å². The largest absolute Gasteiger partial charge is 0.474 e. The first-order chi connectivity index (χ1) is 22.0. The summed E-state index contributed by atoms with van der Waals surface area (Å²) in [5.41, 5.74) is 1.16. The fourth-order valence-electron chi connectivity index (χ4n) is 5.70. The van der Waals surface area contributed by atoms with Crippen LogP contribution in [0.2, 0.25) is 0 Å². The second kappa shape index (κ2) is 13.0. The van der Waals surface area contributed by atoms with Gasteiger partial charge in [0.15, 0.2) is 0 Å². The van der Waals surface area contributed by atoms with E-state index in [1.165, 1.54) is 36.3 Å². The molecule has 2 fully saturated rings. The van der Waals surface area contributed by atoms with E-state index in [-0.39, 0.29) is 30.2 Å². The molecule has 2 aliphatic rings. The molecule has 17 heteroatoms. The lowest BCUT2D eigenvalue weighted by atomic mass is 9.93. The van der Waals surface area contributed by atoms with Gasteiger partial charge in [0.05, 0.1) is 62.0 Å². The van der Waals surface area contributed by atoms with Gasteiger partial charge in [0.1, 0.15) is 35.4 Å². The highest BCUT2D eigenvalue weighted by atomic mass is 32.2. The van der Waals surface area contributed by atoms with Crippen molar-refractivity contribution in [3.05, 3.63) is 64.5 Å². The van der Waals surface area contributed by atoms with Crippen molar-refractivity contribution in [3.63, 3.8) is 0 Å². The van der Waals surface area contributed by atoms with Crippen LogP contribution in [0.1, 0.15) is 31.4 Å². The molecule has 1 aliphatic heterocycles. The molecule has 4 aromatic rings. The van der Waals surface area contributed by atoms with Gasteiger partial charge in [-0.1, -0.05) is 4.98 Å². The minimum absolute atomic E-state index is 0.153. The number of nitro groups is 1. The molecule has 5 heterocycles. The van der Waals surface area contributed by atoms with Gasteiger partial charge in [-0.15, -0.1) is 0 Å². The number of hydrogen-bond donors (Lipinski definition) is 1. The van der Waals surface area contributed by atoms with Gasteiger partial charge >= 0.3 is 5.95 Å². The summed E-state index contributed by atoms with van der Waals surface area (Å²) in [5, 5.41) is 15.2. The summed E-state index contributed by atoms with van der Waals surface area (Å²) in [7, 11) is -2.38. The van der Waals surface area contributed by atoms with Crippen molar-refractivity contribution in [2.45, 2.75) is 44.4 Å². The molecule has 0 amide bonds. The van der Waals surface area contributed by atoms with Crippen LogP contribution in [0.15, 0.2) is 42.9 Å². The fourth-order valence-corrected chi connectivity index (χ4v) is 6.55. The number of pyridine rings is 3. The summed E-state index contributed by atoms with van der Waals surface area (Å²) in [6.07, 6.45) is 7.89. The van der Waals surface area contributed by atoms with Crippen molar-refractivity contribution in [3.8, 4) is 5.88 Å². The number of imidazole rings is 1. The van der Waals surface area contributed by atoms with Gasteiger partial charge in [0, 0.05) is 25.2 Å². The number of morpholine rings is 1. The van der Waals surface area contributed by atoms with Crippen LogP contribution in [0, 0.1) is 15.9 Å². The standard InChI is InChI=1S/C29H34FN9O6S/c1-36-22(17-33-29(36)39(40)41)18-38(46(2,42)43)21-13-24-25(31-16-21)14-27(37-9-11-44-12-10-37)35-28(24)45-23-6-4-20(5-7-23)34-26-8-3-19(30)15-32-26/h3,8,13-17,20,23H,4-7,9-12,18H2,1-2H3,(H,32,34). The zero-order valence-corrected chi connectivity index (χ0v) is 26.2. The van der Waals surface area contributed by atoms with Crippen molar-refractivity contribution >= 4 is 44.2 Å². The van der Waals surface area contributed by atoms with Gasteiger partial charge in [0.2, 0.25) is 15.9 Å². The summed E-state index contributed by atoms with van der Waals surface area (Å²) in [5.74, 6) is 0.862. The number of nitrogens with zero attached hydrogens (tertiary/aromatic N) is 8. The van der Waals surface area contributed by atoms with Gasteiger partial charge < -0.3 is 29.8 Å². The summed E-state index contributed by atoms with van der Waals surface area (Å²) in [4.78, 5) is 30.2. The van der Waals surface area contributed by atoms with E-state index < -0.39 is 20.9 Å². The number of sulfonamides is 1. The number of anilines is 3. The summed E-state index contributed by atoms with van der Waals surface area (Å²) >= 11 is 0. The first-order valence-corrected chi connectivity index (χ1v) is 16.7. The Labute approximate surface area is 264 Å². The monoisotopic (exact) mass is 655 g/mol. The predicted molar refractivity (Wildman–Crippen MR) is 168 cm³/mol. The van der Waals surface area contributed by atoms with Crippen LogP contribution in [0.4, 0.5) is 27.7 Å². The van der Waals surface area contributed by atoms with Crippen LogP contribution in [0.25, 0.3) is 10.9 Å². The summed E-state index contributed by atoms with van der Waals surface area (Å²) in [6.45, 7) is 2.25. The third-order valence-corrected chi connectivity index (χ3v) is 9.34. The van der Waals surface area contributed by atoms with E-state index in [4.69, 9.17) is 14.5 Å². The molecule has 46 heavy (non-hydrogen) atoms. The molecule has 0 unspecified atom stereocenters. The Morgan fingerprint density at radius 1 is 1.11 bits per heavy atom. The smallest absolute Gasteiger partial charge is 0.434 e. The first-order valence-electron chi connectivity index (χ1n) is 14.9. The zero-order valence-electron chi connectivity index (χ0n) is 25.4. The van der Waals surface area contributed by atoms with E-state index in [0.29, 0.717) is 60.4 Å². The van der Waals surface area contributed by atoms with Crippen molar-refractivity contribution in [2.75, 3.05) is 47.1 Å². The molecule has 0 radical (unpaired) electrons. The van der Waals surface area contributed by atoms with Crippen LogP contribution in [0.5, 0.6) is 5.88 Å². The maximum Gasteiger partial charge on any atom is 0.434 e. The lowest BCUT2D eigenvalue weighted by Gasteiger charge is -2.31. The minimum Gasteiger partial charge on any atom is -0.474 e. The maximum absolute atomic E-state index is 13.3. The Morgan fingerprint density at radius 2 is 1.87 bits per heavy atom. The molecule has 0 bridgehead atoms. The van der Waals surface area contributed by atoms with Gasteiger partial charge in [0.25, 0.3) is 0 Å². The SMILES string of the molecule is Cn1c(CN(c2cnc3cc(N4CCOCC4)nc(OC4CCC(Nc5ccc(F)cn5)CC4)c3c2)S(C)(=O)=O)cnc1[N+](=O)[O-]. The Bertz CT molecular complexity index is 1820. The number of halogens is 1. The van der Waals surface area contributed by atoms with Crippen molar-refractivity contribution in [1.82, 2.24) is 24.5 Å². The molecule has 244 valence electrons. The molecule has 0 atom stereocenters. The van der Waals surface area contributed by atoms with E-state index in [1.807, 2.05) is 6.07 Å². The minimum atomic E-state index is -3.85. The molecule has 1 saturated carbocycles. The van der Waals surface area contributed by atoms with Crippen molar-refractivity contribution in [1.29, 1.82) is 0 Å². The molecule has 0 spiro atoms. The molecule has 1 saturated heterocycles. The van der Waals surface area contributed by atoms with Crippen LogP contribution >= 0.6 is 0 Å². The number of ether oxygens (including phenoxy) is 2. The highest BCUT2D eigenvalue weighted by molar-refractivity contribution is 7.92. The zero-order chi connectivity index (χ0) is 32.4. The molecule has 4 aromatic heterocycles. The number of hydrogen-bond acceptors (Lipinski definition) is 12. The molecule has 0 aromatic carbocycles. The first kappa shape index (κ1) is 31.3. The van der Waals surface area contributed by atoms with Crippen LogP contribution < -0.4 is 19.3 Å². The van der Waals surface area contributed by atoms with Crippen molar-refractivity contribution < 1.29 is 27.2 Å². The number of aromatic nitrogens is 5. The highest BCUT2D eigenvalue weighted by Crippen LogP contribution is 2.34. The topological polar surface area (TPSA) is 171 Å².